The van der Waals surface area contributed by atoms with E-state index >= 15 is 0 Å². The molecule has 9 heteroatoms. The maximum atomic E-state index is 11.9. The minimum absolute atomic E-state index is 0.00896. The molecule has 22 heavy (non-hydrogen) atoms. The zero-order valence-corrected chi connectivity index (χ0v) is 11.5. The Morgan fingerprint density at radius 3 is 2.55 bits per heavy atom. The molecule has 9 nitrogen and oxygen atoms in total. The van der Waals surface area contributed by atoms with Crippen molar-refractivity contribution in [2.45, 2.75) is 31.0 Å². The van der Waals surface area contributed by atoms with E-state index < -0.39 is 42.4 Å². The summed E-state index contributed by atoms with van der Waals surface area (Å²) in [6, 6.07) is 0. The van der Waals surface area contributed by atoms with E-state index in [1.165, 1.54) is 6.20 Å². The van der Waals surface area contributed by atoms with Gasteiger partial charge in [-0.15, -0.1) is 0 Å². The summed E-state index contributed by atoms with van der Waals surface area (Å²) in [7, 11) is 0. The summed E-state index contributed by atoms with van der Waals surface area (Å²) in [4.78, 5) is 25.6. The lowest BCUT2D eigenvalue weighted by molar-refractivity contribution is -0.0551. The predicted molar refractivity (Wildman–Crippen MR) is 72.9 cm³/mol. The zero-order valence-electron chi connectivity index (χ0n) is 11.5. The molecule has 1 aromatic rings. The molecule has 0 aliphatic carbocycles. The van der Waals surface area contributed by atoms with Crippen LogP contribution in [-0.2, 0) is 11.2 Å². The van der Waals surface area contributed by atoms with E-state index in [0.29, 0.717) is 0 Å². The Hall–Kier alpha value is -1.96. The van der Waals surface area contributed by atoms with E-state index in [2.05, 4.69) is 16.8 Å². The van der Waals surface area contributed by atoms with Crippen LogP contribution in [0, 0.1) is 11.8 Å². The van der Waals surface area contributed by atoms with Crippen molar-refractivity contribution in [3.63, 3.8) is 0 Å². The van der Waals surface area contributed by atoms with E-state index in [4.69, 9.17) is 14.9 Å². The largest absolute Gasteiger partial charge is 0.394 e. The molecule has 2 rings (SSSR count). The third-order valence-electron chi connectivity index (χ3n) is 3.32. The van der Waals surface area contributed by atoms with Crippen LogP contribution in [0.4, 0.5) is 0 Å². The smallest absolute Gasteiger partial charge is 0.330 e. The Balaban J connectivity index is 2.37. The first kappa shape index (κ1) is 16.4. The fourth-order valence-corrected chi connectivity index (χ4v) is 2.17. The van der Waals surface area contributed by atoms with Crippen molar-refractivity contribution in [3.8, 4) is 11.8 Å². The monoisotopic (exact) mass is 312 g/mol. The average Bonchev–Trinajstić information content (AvgIpc) is 2.77. The number of aliphatic hydroxyl groups is 4. The van der Waals surface area contributed by atoms with Gasteiger partial charge in [0.2, 0.25) is 0 Å². The number of H-pyrrole nitrogens is 1. The Morgan fingerprint density at radius 1 is 1.23 bits per heavy atom. The normalized spacial score (nSPS) is 27.5. The van der Waals surface area contributed by atoms with Crippen LogP contribution in [-0.4, -0.2) is 61.5 Å². The number of aromatic nitrogens is 2. The van der Waals surface area contributed by atoms with Crippen molar-refractivity contribution >= 4 is 0 Å². The van der Waals surface area contributed by atoms with Crippen LogP contribution in [0.25, 0.3) is 0 Å². The molecule has 0 bridgehead atoms. The Labute approximate surface area is 124 Å². The van der Waals surface area contributed by atoms with Crippen molar-refractivity contribution < 1.29 is 25.2 Å². The molecule has 1 aromatic heterocycles. The second kappa shape index (κ2) is 6.87. The van der Waals surface area contributed by atoms with E-state index in [-0.39, 0.29) is 18.6 Å². The molecule has 4 atom stereocenters. The van der Waals surface area contributed by atoms with Crippen molar-refractivity contribution in [1.29, 1.82) is 0 Å². The fraction of sp³-hybridized carbons (Fsp3) is 0.538. The quantitative estimate of drug-likeness (QED) is 0.367. The maximum absolute atomic E-state index is 11.9. The molecule has 1 saturated heterocycles. The highest BCUT2D eigenvalue weighted by molar-refractivity contribution is 5.15. The van der Waals surface area contributed by atoms with Gasteiger partial charge in [0.1, 0.15) is 24.9 Å². The fourth-order valence-electron chi connectivity index (χ4n) is 2.17. The van der Waals surface area contributed by atoms with Crippen molar-refractivity contribution in [2.24, 2.45) is 0 Å². The minimum Gasteiger partial charge on any atom is -0.394 e. The van der Waals surface area contributed by atoms with Gasteiger partial charge in [-0.2, -0.15) is 0 Å². The van der Waals surface area contributed by atoms with Gasteiger partial charge in [0, 0.05) is 18.2 Å². The van der Waals surface area contributed by atoms with Gasteiger partial charge in [0.05, 0.1) is 6.61 Å². The van der Waals surface area contributed by atoms with Crippen LogP contribution in [0.2, 0.25) is 0 Å². The lowest BCUT2D eigenvalue weighted by Crippen LogP contribution is -2.38. The average molecular weight is 312 g/mol. The summed E-state index contributed by atoms with van der Waals surface area (Å²) in [5.74, 6) is 4.91. The summed E-state index contributed by atoms with van der Waals surface area (Å²) in [6.45, 7) is -0.881. The van der Waals surface area contributed by atoms with Gasteiger partial charge < -0.3 is 25.2 Å². The van der Waals surface area contributed by atoms with Crippen LogP contribution < -0.4 is 11.2 Å². The maximum Gasteiger partial charge on any atom is 0.330 e. The first-order valence-electron chi connectivity index (χ1n) is 6.53. The number of nitrogens with one attached hydrogen (secondary N) is 1. The molecule has 0 saturated carbocycles. The molecule has 1 fully saturated rings. The van der Waals surface area contributed by atoms with Gasteiger partial charge >= 0.3 is 5.69 Å². The molecule has 1 aliphatic heterocycles. The molecule has 0 aromatic carbocycles. The van der Waals surface area contributed by atoms with Crippen molar-refractivity contribution in [2.75, 3.05) is 13.2 Å². The Bertz CT molecular complexity index is 699. The van der Waals surface area contributed by atoms with Crippen LogP contribution in [0.1, 0.15) is 11.8 Å². The van der Waals surface area contributed by atoms with E-state index in [0.717, 1.165) is 4.57 Å². The zero-order chi connectivity index (χ0) is 16.3. The molecule has 120 valence electrons. The van der Waals surface area contributed by atoms with Crippen molar-refractivity contribution in [3.05, 3.63) is 32.6 Å². The van der Waals surface area contributed by atoms with Gasteiger partial charge in [-0.3, -0.25) is 14.3 Å². The van der Waals surface area contributed by atoms with E-state index in [1.807, 2.05) is 0 Å². The van der Waals surface area contributed by atoms with E-state index in [1.54, 1.807) is 0 Å². The highest BCUT2D eigenvalue weighted by atomic mass is 16.6. The molecule has 0 radical (unpaired) electrons. The topological polar surface area (TPSA) is 145 Å². The molecule has 0 spiro atoms. The van der Waals surface area contributed by atoms with Gasteiger partial charge in [0.15, 0.2) is 6.23 Å². The van der Waals surface area contributed by atoms with Gasteiger partial charge in [-0.25, -0.2) is 4.79 Å². The molecule has 2 unspecified atom stereocenters. The number of hydrogen-bond donors (Lipinski definition) is 5. The molecule has 2 heterocycles. The van der Waals surface area contributed by atoms with Crippen molar-refractivity contribution in [1.82, 2.24) is 9.55 Å². The summed E-state index contributed by atoms with van der Waals surface area (Å²) in [5.41, 5.74) is -1.32. The SMILES string of the molecule is O=c1[nH]c(=O)n([C@H]2O[C@@H](CO)C(O)C2O)cc1CC#CCO. The number of ether oxygens (including phenoxy) is 1. The summed E-state index contributed by atoms with van der Waals surface area (Å²) in [5, 5.41) is 37.2. The lowest BCUT2D eigenvalue weighted by Gasteiger charge is -2.17. The highest BCUT2D eigenvalue weighted by Crippen LogP contribution is 2.27. The number of rotatable bonds is 3. The Morgan fingerprint density at radius 2 is 1.95 bits per heavy atom. The molecular weight excluding hydrogens is 296 g/mol. The molecule has 5 N–H and O–H groups in total. The summed E-state index contributed by atoms with van der Waals surface area (Å²) >= 11 is 0. The van der Waals surface area contributed by atoms with Crippen LogP contribution in [0.15, 0.2) is 15.8 Å². The number of aromatic amines is 1. The van der Waals surface area contributed by atoms with Crippen LogP contribution >= 0.6 is 0 Å². The minimum atomic E-state index is -1.43. The number of hydrogen-bond acceptors (Lipinski definition) is 7. The summed E-state index contributed by atoms with van der Waals surface area (Å²) in [6.07, 6.45) is -3.89. The number of aliphatic hydroxyl groups excluding tert-OH is 4. The van der Waals surface area contributed by atoms with Gasteiger partial charge in [0.25, 0.3) is 5.56 Å². The van der Waals surface area contributed by atoms with Gasteiger partial charge in [-0.1, -0.05) is 11.8 Å². The first-order valence-corrected chi connectivity index (χ1v) is 6.53. The highest BCUT2D eigenvalue weighted by Gasteiger charge is 2.43. The van der Waals surface area contributed by atoms with Crippen LogP contribution in [0.5, 0.6) is 0 Å². The first-order chi connectivity index (χ1) is 10.5. The third kappa shape index (κ3) is 3.11. The van der Waals surface area contributed by atoms with E-state index in [9.17, 15) is 19.8 Å². The summed E-state index contributed by atoms with van der Waals surface area (Å²) < 4.78 is 6.17. The van der Waals surface area contributed by atoms with Crippen LogP contribution in [0.3, 0.4) is 0 Å². The predicted octanol–water partition coefficient (Wildman–Crippen LogP) is -3.31. The number of nitrogens with zero attached hydrogens (tertiary/aromatic N) is 1. The standard InChI is InChI=1S/C13H16N2O7/c16-4-2-1-3-7-5-15(13(21)14-11(7)20)12-10(19)9(18)8(6-17)22-12/h5,8-10,12,16-19H,3-4,6H2,(H,14,20,21)/t8-,9?,10?,12-/m0/s1. The third-order valence-corrected chi connectivity index (χ3v) is 3.32. The van der Waals surface area contributed by atoms with Gasteiger partial charge in [-0.05, 0) is 0 Å². The second-order valence-corrected chi connectivity index (χ2v) is 4.74. The Kier molecular flexibility index (Phi) is 5.12. The lowest BCUT2D eigenvalue weighted by atomic mass is 10.1. The molecule has 1 aliphatic rings. The molecule has 0 amide bonds. The second-order valence-electron chi connectivity index (χ2n) is 4.74. The molecular formula is C13H16N2O7.